The molecule has 2 aromatic rings. The number of nitrogens with one attached hydrogen (secondary N) is 1. The van der Waals surface area contributed by atoms with E-state index in [-0.39, 0.29) is 6.61 Å². The summed E-state index contributed by atoms with van der Waals surface area (Å²) in [5.74, 6) is 1.20. The Bertz CT molecular complexity index is 543. The van der Waals surface area contributed by atoms with Gasteiger partial charge in [-0.25, -0.2) is 4.98 Å². The molecule has 0 bridgehead atoms. The summed E-state index contributed by atoms with van der Waals surface area (Å²) in [7, 11) is 0. The van der Waals surface area contributed by atoms with E-state index in [0.717, 1.165) is 11.4 Å². The van der Waals surface area contributed by atoms with Crippen LogP contribution in [0.25, 0.3) is 10.7 Å². The molecule has 0 unspecified atom stereocenters. The van der Waals surface area contributed by atoms with Crippen LogP contribution in [-0.4, -0.2) is 38.3 Å². The highest BCUT2D eigenvalue weighted by atomic mass is 32.1. The van der Waals surface area contributed by atoms with Crippen LogP contribution in [0.4, 0.5) is 0 Å². The first-order chi connectivity index (χ1) is 9.85. The van der Waals surface area contributed by atoms with E-state index in [1.807, 2.05) is 0 Å². The molecule has 1 fully saturated rings. The third kappa shape index (κ3) is 3.26. The van der Waals surface area contributed by atoms with E-state index in [4.69, 9.17) is 5.11 Å². The number of thiophene rings is 1. The summed E-state index contributed by atoms with van der Waals surface area (Å²) in [5, 5.41) is 15.9. The molecule has 5 nitrogen and oxygen atoms in total. The number of likely N-dealkylation sites (tertiary alicyclic amines) is 1. The molecule has 0 saturated carbocycles. The number of hydrogen-bond acceptors (Lipinski definition) is 5. The molecule has 2 aromatic heterocycles. The van der Waals surface area contributed by atoms with Gasteiger partial charge in [0.05, 0.1) is 4.88 Å². The molecule has 0 aromatic carbocycles. The van der Waals surface area contributed by atoms with Crippen LogP contribution in [0.1, 0.15) is 36.4 Å². The Kier molecular flexibility index (Phi) is 4.44. The molecule has 0 amide bonds. The van der Waals surface area contributed by atoms with Crippen LogP contribution in [0.15, 0.2) is 12.1 Å². The molecule has 3 heterocycles. The second-order valence-corrected chi connectivity index (χ2v) is 6.39. The molecule has 6 heteroatoms. The van der Waals surface area contributed by atoms with E-state index in [2.05, 4.69) is 32.2 Å². The topological polar surface area (TPSA) is 65.0 Å². The highest BCUT2D eigenvalue weighted by molar-refractivity contribution is 7.15. The molecule has 0 spiro atoms. The zero-order valence-corrected chi connectivity index (χ0v) is 12.3. The summed E-state index contributed by atoms with van der Waals surface area (Å²) in [4.78, 5) is 9.22. The second-order valence-electron chi connectivity index (χ2n) is 5.22. The van der Waals surface area contributed by atoms with Crippen LogP contribution < -0.4 is 0 Å². The minimum Gasteiger partial charge on any atom is -0.388 e. The Morgan fingerprint density at radius 2 is 2.00 bits per heavy atom. The maximum Gasteiger partial charge on any atom is 0.191 e. The van der Waals surface area contributed by atoms with Gasteiger partial charge in [-0.1, -0.05) is 12.8 Å². The number of nitrogens with zero attached hydrogens (tertiary/aromatic N) is 3. The first kappa shape index (κ1) is 13.7. The second kappa shape index (κ2) is 6.47. The predicted octanol–water partition coefficient (Wildman–Crippen LogP) is 2.40. The van der Waals surface area contributed by atoms with E-state index in [1.54, 1.807) is 11.3 Å². The maximum atomic E-state index is 9.01. The van der Waals surface area contributed by atoms with Gasteiger partial charge in [0, 0.05) is 11.4 Å². The minimum absolute atomic E-state index is 0.0982. The first-order valence-corrected chi connectivity index (χ1v) is 8.00. The molecule has 20 heavy (non-hydrogen) atoms. The lowest BCUT2D eigenvalue weighted by atomic mass is 10.2. The fourth-order valence-electron chi connectivity index (χ4n) is 2.57. The van der Waals surface area contributed by atoms with Gasteiger partial charge >= 0.3 is 0 Å². The molecule has 0 radical (unpaired) electrons. The van der Waals surface area contributed by atoms with Crippen molar-refractivity contribution in [1.82, 2.24) is 20.1 Å². The van der Waals surface area contributed by atoms with E-state index in [9.17, 15) is 0 Å². The van der Waals surface area contributed by atoms with Crippen LogP contribution in [0.5, 0.6) is 0 Å². The van der Waals surface area contributed by atoms with Crippen molar-refractivity contribution < 1.29 is 5.11 Å². The number of aliphatic hydroxyl groups is 1. The zero-order chi connectivity index (χ0) is 13.8. The quantitative estimate of drug-likeness (QED) is 0.908. The molecule has 1 aliphatic rings. The monoisotopic (exact) mass is 292 g/mol. The van der Waals surface area contributed by atoms with Crippen molar-refractivity contribution in [2.45, 2.75) is 38.8 Å². The van der Waals surface area contributed by atoms with Gasteiger partial charge in [0.2, 0.25) is 0 Å². The number of rotatable bonds is 4. The highest BCUT2D eigenvalue weighted by Crippen LogP contribution is 2.26. The van der Waals surface area contributed by atoms with Crippen molar-refractivity contribution in [3.8, 4) is 10.7 Å². The van der Waals surface area contributed by atoms with Crippen LogP contribution >= 0.6 is 11.3 Å². The van der Waals surface area contributed by atoms with Gasteiger partial charge in [-0.05, 0) is 38.1 Å². The Balaban J connectivity index is 1.66. The Labute approximate surface area is 122 Å². The van der Waals surface area contributed by atoms with E-state index >= 15 is 0 Å². The normalized spacial score (nSPS) is 17.2. The Morgan fingerprint density at radius 1 is 1.20 bits per heavy atom. The van der Waals surface area contributed by atoms with Crippen LogP contribution in [0.3, 0.4) is 0 Å². The number of hydrogen-bond donors (Lipinski definition) is 2. The molecule has 1 saturated heterocycles. The van der Waals surface area contributed by atoms with Crippen LogP contribution in [0, 0.1) is 0 Å². The van der Waals surface area contributed by atoms with Gasteiger partial charge in [0.15, 0.2) is 11.6 Å². The molecule has 108 valence electrons. The third-order valence-corrected chi connectivity index (χ3v) is 4.71. The smallest absolute Gasteiger partial charge is 0.191 e. The van der Waals surface area contributed by atoms with Gasteiger partial charge in [-0.2, -0.15) is 5.10 Å². The first-order valence-electron chi connectivity index (χ1n) is 7.19. The van der Waals surface area contributed by atoms with Crippen molar-refractivity contribution in [1.29, 1.82) is 0 Å². The minimum atomic E-state index is -0.0982. The van der Waals surface area contributed by atoms with Crippen LogP contribution in [0.2, 0.25) is 0 Å². The Morgan fingerprint density at radius 3 is 2.70 bits per heavy atom. The fraction of sp³-hybridized carbons (Fsp3) is 0.571. The predicted molar refractivity (Wildman–Crippen MR) is 79.4 cm³/mol. The summed E-state index contributed by atoms with van der Waals surface area (Å²) in [6.07, 6.45) is 5.37. The van der Waals surface area contributed by atoms with Gasteiger partial charge in [-0.3, -0.25) is 10.00 Å². The van der Waals surface area contributed by atoms with Gasteiger partial charge in [0.1, 0.15) is 6.61 Å². The van der Waals surface area contributed by atoms with E-state index in [1.165, 1.54) is 43.6 Å². The molecular formula is C14H20N4OS. The average molecular weight is 292 g/mol. The van der Waals surface area contributed by atoms with Gasteiger partial charge in [0.25, 0.3) is 0 Å². The molecular weight excluding hydrogens is 272 g/mol. The molecule has 3 rings (SSSR count). The number of H-pyrrole nitrogens is 1. The van der Waals surface area contributed by atoms with Crippen molar-refractivity contribution in [3.63, 3.8) is 0 Å². The molecule has 2 N–H and O–H groups in total. The summed E-state index contributed by atoms with van der Waals surface area (Å²) in [6.45, 7) is 3.35. The maximum absolute atomic E-state index is 9.01. The lowest BCUT2D eigenvalue weighted by Gasteiger charge is -2.18. The highest BCUT2D eigenvalue weighted by Gasteiger charge is 2.13. The molecule has 0 atom stereocenters. The fourth-order valence-corrected chi connectivity index (χ4v) is 3.56. The van der Waals surface area contributed by atoms with Crippen LogP contribution in [-0.2, 0) is 13.2 Å². The summed E-state index contributed by atoms with van der Waals surface area (Å²) >= 11 is 1.74. The zero-order valence-electron chi connectivity index (χ0n) is 11.5. The number of aromatic amines is 1. The van der Waals surface area contributed by atoms with Crippen molar-refractivity contribution in [2.75, 3.05) is 13.1 Å². The average Bonchev–Trinajstić information content (AvgIpc) is 3.04. The summed E-state index contributed by atoms with van der Waals surface area (Å²) < 4.78 is 0. The lowest BCUT2D eigenvalue weighted by molar-refractivity contribution is 0.272. The summed E-state index contributed by atoms with van der Waals surface area (Å²) in [5.41, 5.74) is 0. The summed E-state index contributed by atoms with van der Waals surface area (Å²) in [6, 6.07) is 4.24. The van der Waals surface area contributed by atoms with Crippen molar-refractivity contribution in [2.24, 2.45) is 0 Å². The van der Waals surface area contributed by atoms with Gasteiger partial charge in [-0.15, -0.1) is 11.3 Å². The number of aliphatic hydroxyl groups excluding tert-OH is 1. The number of aromatic nitrogens is 3. The van der Waals surface area contributed by atoms with Crippen molar-refractivity contribution in [3.05, 3.63) is 22.8 Å². The standard InChI is InChI=1S/C14H20N4OS/c19-10-13-15-14(17-16-13)12-6-5-11(20-12)9-18-7-3-1-2-4-8-18/h5-6,19H,1-4,7-10H2,(H,15,16,17). The third-order valence-electron chi connectivity index (χ3n) is 3.64. The van der Waals surface area contributed by atoms with E-state index < -0.39 is 0 Å². The molecule has 0 aliphatic carbocycles. The van der Waals surface area contributed by atoms with Crippen molar-refractivity contribution >= 4 is 11.3 Å². The van der Waals surface area contributed by atoms with Gasteiger partial charge < -0.3 is 5.11 Å². The Hall–Kier alpha value is -1.24. The largest absolute Gasteiger partial charge is 0.388 e. The lowest BCUT2D eigenvalue weighted by Crippen LogP contribution is -2.23. The SMILES string of the molecule is OCc1nc(-c2ccc(CN3CCCCCC3)s2)n[nH]1. The molecule has 1 aliphatic heterocycles. The van der Waals surface area contributed by atoms with E-state index in [0.29, 0.717) is 11.6 Å².